The molecule has 0 aliphatic heterocycles. The van der Waals surface area contributed by atoms with Crippen LogP contribution in [0.3, 0.4) is 0 Å². The Morgan fingerprint density at radius 1 is 1.18 bits per heavy atom. The van der Waals surface area contributed by atoms with Crippen LogP contribution in [0.5, 0.6) is 0 Å². The predicted molar refractivity (Wildman–Crippen MR) is 47.9 cm³/mol. The van der Waals surface area contributed by atoms with Crippen molar-refractivity contribution in [3.05, 3.63) is 35.9 Å². The average Bonchev–Trinajstić information content (AvgIpc) is 1.97. The summed E-state index contributed by atoms with van der Waals surface area (Å²) in [5.74, 6) is 0. The minimum atomic E-state index is -1.39. The molecule has 0 amide bonds. The van der Waals surface area contributed by atoms with Crippen LogP contribution in [0.2, 0.25) is 0 Å². The van der Waals surface area contributed by atoms with Crippen LogP contribution >= 0.6 is 0 Å². The van der Waals surface area contributed by atoms with Gasteiger partial charge < -0.3 is 10.0 Å². The van der Waals surface area contributed by atoms with E-state index in [0.717, 1.165) is 0 Å². The maximum atomic E-state index is 8.77. The van der Waals surface area contributed by atoms with E-state index >= 15 is 0 Å². The molecule has 0 saturated carbocycles. The zero-order valence-corrected chi connectivity index (χ0v) is 6.86. The molecule has 0 bridgehead atoms. The minimum Gasteiger partial charge on any atom is -0.423 e. The Kier molecular flexibility index (Phi) is 5.52. The third kappa shape index (κ3) is 4.59. The highest BCUT2D eigenvalue weighted by molar-refractivity contribution is 6.51. The molecule has 0 aliphatic rings. The summed E-state index contributed by atoms with van der Waals surface area (Å²) in [5, 5.41) is 17.5. The first kappa shape index (κ1) is 10.2. The lowest BCUT2D eigenvalue weighted by Gasteiger charge is -1.96. The molecule has 0 heterocycles. The summed E-state index contributed by atoms with van der Waals surface area (Å²) in [4.78, 5) is 0. The summed E-state index contributed by atoms with van der Waals surface area (Å²) in [6.07, 6.45) is 8.66. The van der Waals surface area contributed by atoms with Crippen molar-refractivity contribution in [2.45, 2.75) is 13.8 Å². The van der Waals surface area contributed by atoms with Crippen LogP contribution < -0.4 is 0 Å². The lowest BCUT2D eigenvalue weighted by Crippen LogP contribution is -2.13. The van der Waals surface area contributed by atoms with Crippen molar-refractivity contribution in [2.75, 3.05) is 0 Å². The highest BCUT2D eigenvalue weighted by Crippen LogP contribution is 1.98. The molecule has 11 heavy (non-hydrogen) atoms. The second-order valence-corrected chi connectivity index (χ2v) is 2.07. The highest BCUT2D eigenvalue weighted by Gasteiger charge is 2.09. The molecule has 0 radical (unpaired) electrons. The van der Waals surface area contributed by atoms with E-state index in [2.05, 4.69) is 0 Å². The minimum absolute atomic E-state index is 0.491. The zero-order valence-electron chi connectivity index (χ0n) is 6.86. The van der Waals surface area contributed by atoms with Crippen molar-refractivity contribution >= 4 is 7.12 Å². The summed E-state index contributed by atoms with van der Waals surface area (Å²) < 4.78 is 0. The standard InChI is InChI=1S/C8H13BO2/c1-3-5-7-8(6-4-2)9(10)11/h3-7,10-11H,1-2H3/b5-3-,6-4-,8-7+. The van der Waals surface area contributed by atoms with Crippen molar-refractivity contribution in [2.24, 2.45) is 0 Å². The van der Waals surface area contributed by atoms with Crippen LogP contribution in [-0.4, -0.2) is 17.2 Å². The molecule has 0 aliphatic carbocycles. The van der Waals surface area contributed by atoms with E-state index in [1.54, 1.807) is 24.3 Å². The topological polar surface area (TPSA) is 40.5 Å². The maximum absolute atomic E-state index is 8.77. The van der Waals surface area contributed by atoms with Crippen molar-refractivity contribution < 1.29 is 10.0 Å². The lowest BCUT2D eigenvalue weighted by atomic mass is 9.79. The quantitative estimate of drug-likeness (QED) is 0.469. The summed E-state index contributed by atoms with van der Waals surface area (Å²) in [7, 11) is -1.39. The zero-order chi connectivity index (χ0) is 8.69. The van der Waals surface area contributed by atoms with E-state index < -0.39 is 7.12 Å². The molecule has 60 valence electrons. The predicted octanol–water partition coefficient (Wildman–Crippen LogP) is 1.08. The van der Waals surface area contributed by atoms with Gasteiger partial charge in [-0.3, -0.25) is 0 Å². The van der Waals surface area contributed by atoms with Crippen LogP contribution in [0.15, 0.2) is 35.9 Å². The van der Waals surface area contributed by atoms with Crippen molar-refractivity contribution in [3.63, 3.8) is 0 Å². The van der Waals surface area contributed by atoms with Gasteiger partial charge in [-0.05, 0) is 19.3 Å². The fourth-order valence-electron chi connectivity index (χ4n) is 0.627. The van der Waals surface area contributed by atoms with Crippen LogP contribution in [0, 0.1) is 0 Å². The first-order chi connectivity index (χ1) is 5.22. The summed E-state index contributed by atoms with van der Waals surface area (Å²) in [5.41, 5.74) is 0.491. The molecule has 0 aromatic heterocycles. The van der Waals surface area contributed by atoms with Gasteiger partial charge in [0, 0.05) is 0 Å². The van der Waals surface area contributed by atoms with Crippen LogP contribution in [-0.2, 0) is 0 Å². The number of rotatable bonds is 3. The van der Waals surface area contributed by atoms with Gasteiger partial charge in [0.1, 0.15) is 0 Å². The molecule has 0 aromatic rings. The van der Waals surface area contributed by atoms with E-state index in [1.807, 2.05) is 19.9 Å². The number of allylic oxidation sites excluding steroid dienone is 6. The molecular formula is C8H13BO2. The Labute approximate surface area is 67.7 Å². The van der Waals surface area contributed by atoms with Crippen LogP contribution in [0.25, 0.3) is 0 Å². The molecule has 2 nitrogen and oxygen atoms in total. The molecule has 0 fully saturated rings. The Morgan fingerprint density at radius 3 is 2.18 bits per heavy atom. The molecule has 0 saturated heterocycles. The van der Waals surface area contributed by atoms with Crippen LogP contribution in [0.4, 0.5) is 0 Å². The van der Waals surface area contributed by atoms with Gasteiger partial charge in [0.05, 0.1) is 0 Å². The third-order valence-corrected chi connectivity index (χ3v) is 1.14. The van der Waals surface area contributed by atoms with Crippen molar-refractivity contribution in [1.29, 1.82) is 0 Å². The lowest BCUT2D eigenvalue weighted by molar-refractivity contribution is 0.420. The van der Waals surface area contributed by atoms with E-state index in [0.29, 0.717) is 5.47 Å². The summed E-state index contributed by atoms with van der Waals surface area (Å²) >= 11 is 0. The van der Waals surface area contributed by atoms with Gasteiger partial charge in [0.25, 0.3) is 0 Å². The number of hydrogen-bond donors (Lipinski definition) is 2. The summed E-state index contributed by atoms with van der Waals surface area (Å²) in [6, 6.07) is 0. The molecule has 0 rings (SSSR count). The first-order valence-electron chi connectivity index (χ1n) is 3.54. The van der Waals surface area contributed by atoms with Gasteiger partial charge >= 0.3 is 7.12 Å². The van der Waals surface area contributed by atoms with Gasteiger partial charge in [-0.1, -0.05) is 30.4 Å². The fourth-order valence-corrected chi connectivity index (χ4v) is 0.627. The second-order valence-electron chi connectivity index (χ2n) is 2.07. The van der Waals surface area contributed by atoms with Gasteiger partial charge in [0.2, 0.25) is 0 Å². The molecule has 0 aromatic carbocycles. The van der Waals surface area contributed by atoms with E-state index in [1.165, 1.54) is 0 Å². The molecular weight excluding hydrogens is 139 g/mol. The number of hydrogen-bond acceptors (Lipinski definition) is 2. The van der Waals surface area contributed by atoms with Gasteiger partial charge in [0.15, 0.2) is 0 Å². The Hall–Kier alpha value is -0.795. The monoisotopic (exact) mass is 152 g/mol. The molecule has 0 atom stereocenters. The summed E-state index contributed by atoms with van der Waals surface area (Å²) in [6.45, 7) is 3.69. The maximum Gasteiger partial charge on any atom is 0.488 e. The fraction of sp³-hybridized carbons (Fsp3) is 0.250. The largest absolute Gasteiger partial charge is 0.488 e. The second kappa shape index (κ2) is 5.95. The highest BCUT2D eigenvalue weighted by atomic mass is 16.4. The Balaban J connectivity index is 4.32. The first-order valence-corrected chi connectivity index (χ1v) is 3.54. The Bertz CT molecular complexity index is 181. The van der Waals surface area contributed by atoms with Gasteiger partial charge in [-0.25, -0.2) is 0 Å². The van der Waals surface area contributed by atoms with E-state index in [4.69, 9.17) is 10.0 Å². The van der Waals surface area contributed by atoms with Gasteiger partial charge in [-0.15, -0.1) is 0 Å². The SMILES string of the molecule is C\C=C/C=C(\C=C/C)B(O)O. The third-order valence-electron chi connectivity index (χ3n) is 1.14. The molecule has 3 heteroatoms. The van der Waals surface area contributed by atoms with E-state index in [-0.39, 0.29) is 0 Å². The van der Waals surface area contributed by atoms with Crippen LogP contribution in [0.1, 0.15) is 13.8 Å². The Morgan fingerprint density at radius 2 is 1.82 bits per heavy atom. The normalized spacial score (nSPS) is 13.3. The molecule has 2 N–H and O–H groups in total. The van der Waals surface area contributed by atoms with Crippen molar-refractivity contribution in [1.82, 2.24) is 0 Å². The van der Waals surface area contributed by atoms with E-state index in [9.17, 15) is 0 Å². The average molecular weight is 152 g/mol. The van der Waals surface area contributed by atoms with Crippen molar-refractivity contribution in [3.8, 4) is 0 Å². The smallest absolute Gasteiger partial charge is 0.423 e. The molecule has 0 unspecified atom stereocenters. The van der Waals surface area contributed by atoms with Gasteiger partial charge in [-0.2, -0.15) is 0 Å². The molecule has 0 spiro atoms.